The Morgan fingerprint density at radius 3 is 2.61 bits per heavy atom. The smallest absolute Gasteiger partial charge is 0.191 e. The summed E-state index contributed by atoms with van der Waals surface area (Å²) >= 11 is 1.28. The van der Waals surface area contributed by atoms with E-state index in [0.29, 0.717) is 45.4 Å². The molecule has 194 valence electrons. The quantitative estimate of drug-likeness (QED) is 0.314. The van der Waals surface area contributed by atoms with Gasteiger partial charge in [0.15, 0.2) is 10.9 Å². The van der Waals surface area contributed by atoms with Gasteiger partial charge in [-0.05, 0) is 61.7 Å². The Morgan fingerprint density at radius 1 is 1.18 bits per heavy atom. The van der Waals surface area contributed by atoms with Crippen LogP contribution in [0.15, 0.2) is 42.5 Å². The molecule has 4 heterocycles. The van der Waals surface area contributed by atoms with Crippen molar-refractivity contribution in [2.24, 2.45) is 0 Å². The predicted octanol–water partition coefficient (Wildman–Crippen LogP) is 6.34. The van der Waals surface area contributed by atoms with E-state index in [1.807, 2.05) is 37.8 Å². The SMILES string of the molecule is CCN(c1nc(-c2ccc(F)cc2)c(C#N)s1)c1cc(C(C)C)nc2c(F)cc(N3C[C@@H]4C[C@H]3CN4)cc12. The van der Waals surface area contributed by atoms with E-state index in [0.717, 1.165) is 42.0 Å². The van der Waals surface area contributed by atoms with Crippen LogP contribution in [0, 0.1) is 23.0 Å². The Balaban J connectivity index is 1.51. The maximum atomic E-state index is 15.7. The van der Waals surface area contributed by atoms with E-state index in [-0.39, 0.29) is 17.6 Å². The third kappa shape index (κ3) is 4.18. The standard InChI is InChI=1S/C29H28F2N6S/c1-4-36(29-35-27(26(13-32)38-29)17-5-7-18(30)8-6-17)25-12-24(16(2)3)34-28-22(25)10-20(11-23(28)31)37-15-19-9-21(37)14-33-19/h5-8,10-12,16,19,21,33H,4,9,14-15H2,1-3H3/t19-,21-/m0/s1. The minimum absolute atomic E-state index is 0.0945. The molecule has 2 aliphatic heterocycles. The molecule has 1 N–H and O–H groups in total. The van der Waals surface area contributed by atoms with Crippen molar-refractivity contribution in [2.45, 2.75) is 45.2 Å². The average Bonchev–Trinajstić information content (AvgIpc) is 3.66. The monoisotopic (exact) mass is 530 g/mol. The van der Waals surface area contributed by atoms with Crippen LogP contribution >= 0.6 is 11.3 Å². The van der Waals surface area contributed by atoms with Crippen LogP contribution in [0.3, 0.4) is 0 Å². The zero-order valence-corrected chi connectivity index (χ0v) is 22.3. The molecule has 9 heteroatoms. The van der Waals surface area contributed by atoms with E-state index in [4.69, 9.17) is 9.97 Å². The zero-order chi connectivity index (χ0) is 26.6. The van der Waals surface area contributed by atoms with Gasteiger partial charge in [-0.2, -0.15) is 5.26 Å². The first-order valence-electron chi connectivity index (χ1n) is 12.9. The summed E-state index contributed by atoms with van der Waals surface area (Å²) in [6.45, 7) is 8.42. The van der Waals surface area contributed by atoms with Crippen molar-refractivity contribution in [1.29, 1.82) is 5.26 Å². The molecular weight excluding hydrogens is 502 g/mol. The summed E-state index contributed by atoms with van der Waals surface area (Å²) < 4.78 is 29.2. The van der Waals surface area contributed by atoms with Crippen molar-refractivity contribution >= 4 is 38.7 Å². The maximum Gasteiger partial charge on any atom is 0.191 e. The van der Waals surface area contributed by atoms with Gasteiger partial charge in [0.25, 0.3) is 0 Å². The van der Waals surface area contributed by atoms with Crippen molar-refractivity contribution in [3.05, 3.63) is 64.7 Å². The molecular formula is C29H28F2N6S. The second-order valence-corrected chi connectivity index (χ2v) is 11.2. The van der Waals surface area contributed by atoms with Gasteiger partial charge in [-0.15, -0.1) is 0 Å². The Labute approximate surface area is 224 Å². The molecule has 0 unspecified atom stereocenters. The van der Waals surface area contributed by atoms with Crippen LogP contribution in [0.1, 0.15) is 43.7 Å². The summed E-state index contributed by atoms with van der Waals surface area (Å²) in [6, 6.07) is 14.7. The maximum absolute atomic E-state index is 15.7. The van der Waals surface area contributed by atoms with E-state index in [1.54, 1.807) is 18.2 Å². The van der Waals surface area contributed by atoms with E-state index in [9.17, 15) is 9.65 Å². The second-order valence-electron chi connectivity index (χ2n) is 10.2. The summed E-state index contributed by atoms with van der Waals surface area (Å²) in [6.07, 6.45) is 1.07. The molecule has 4 aromatic rings. The molecule has 2 aromatic heterocycles. The Kier molecular flexibility index (Phi) is 6.25. The summed E-state index contributed by atoms with van der Waals surface area (Å²) in [7, 11) is 0. The first-order valence-corrected chi connectivity index (χ1v) is 13.8. The largest absolute Gasteiger partial charge is 0.366 e. The van der Waals surface area contributed by atoms with Gasteiger partial charge < -0.3 is 15.1 Å². The molecule has 2 fully saturated rings. The minimum atomic E-state index is -0.345. The molecule has 0 radical (unpaired) electrons. The van der Waals surface area contributed by atoms with Crippen molar-refractivity contribution in [1.82, 2.24) is 15.3 Å². The van der Waals surface area contributed by atoms with Crippen LogP contribution in [-0.4, -0.2) is 41.7 Å². The zero-order valence-electron chi connectivity index (χ0n) is 21.5. The topological polar surface area (TPSA) is 68.1 Å². The number of halogens is 2. The Morgan fingerprint density at radius 2 is 1.97 bits per heavy atom. The molecule has 2 aromatic carbocycles. The van der Waals surface area contributed by atoms with Crippen molar-refractivity contribution in [2.75, 3.05) is 29.4 Å². The minimum Gasteiger partial charge on any atom is -0.366 e. The Bertz CT molecular complexity index is 1560. The summed E-state index contributed by atoms with van der Waals surface area (Å²) in [5.74, 6) is -0.587. The number of nitriles is 1. The molecule has 2 bridgehead atoms. The molecule has 6 nitrogen and oxygen atoms in total. The molecule has 6 rings (SSSR count). The molecule has 0 amide bonds. The van der Waals surface area contributed by atoms with E-state index < -0.39 is 0 Å². The lowest BCUT2D eigenvalue weighted by atomic mass is 10.0. The number of piperazine rings is 1. The first kappa shape index (κ1) is 24.7. The van der Waals surface area contributed by atoms with Gasteiger partial charge in [-0.3, -0.25) is 0 Å². The van der Waals surface area contributed by atoms with Crippen LogP contribution in [0.2, 0.25) is 0 Å². The number of pyridine rings is 1. The number of anilines is 3. The van der Waals surface area contributed by atoms with Crippen LogP contribution < -0.4 is 15.1 Å². The number of nitrogens with one attached hydrogen (secondary N) is 1. The highest BCUT2D eigenvalue weighted by molar-refractivity contribution is 7.16. The van der Waals surface area contributed by atoms with E-state index in [1.165, 1.54) is 23.5 Å². The van der Waals surface area contributed by atoms with E-state index in [2.05, 4.69) is 16.3 Å². The number of hydrogen-bond acceptors (Lipinski definition) is 7. The van der Waals surface area contributed by atoms with Gasteiger partial charge in [0.05, 0.1) is 5.69 Å². The number of benzene rings is 2. The highest BCUT2D eigenvalue weighted by Crippen LogP contribution is 2.41. The fourth-order valence-electron chi connectivity index (χ4n) is 5.55. The van der Waals surface area contributed by atoms with E-state index >= 15 is 4.39 Å². The van der Waals surface area contributed by atoms with Crippen molar-refractivity contribution in [3.63, 3.8) is 0 Å². The van der Waals surface area contributed by atoms with Gasteiger partial charge in [0.1, 0.15) is 28.0 Å². The summed E-state index contributed by atoms with van der Waals surface area (Å²) in [5.41, 5.74) is 4.00. The Hall–Kier alpha value is -3.61. The second kappa shape index (κ2) is 9.61. The molecule has 2 aliphatic rings. The predicted molar refractivity (Wildman–Crippen MR) is 148 cm³/mol. The van der Waals surface area contributed by atoms with Crippen LogP contribution in [0.5, 0.6) is 0 Å². The summed E-state index contributed by atoms with van der Waals surface area (Å²) in [4.78, 5) is 14.3. The average molecular weight is 531 g/mol. The van der Waals surface area contributed by atoms with Gasteiger partial charge in [0.2, 0.25) is 0 Å². The van der Waals surface area contributed by atoms with Gasteiger partial charge >= 0.3 is 0 Å². The number of fused-ring (bicyclic) bond motifs is 3. The number of aromatic nitrogens is 2. The molecule has 2 atom stereocenters. The molecule has 0 aliphatic carbocycles. The van der Waals surface area contributed by atoms with Crippen LogP contribution in [-0.2, 0) is 0 Å². The van der Waals surface area contributed by atoms with Crippen LogP contribution in [0.25, 0.3) is 22.2 Å². The highest BCUT2D eigenvalue weighted by Gasteiger charge is 2.38. The normalized spacial score (nSPS) is 18.5. The lowest BCUT2D eigenvalue weighted by Crippen LogP contribution is -2.43. The number of rotatable bonds is 6. The van der Waals surface area contributed by atoms with Crippen molar-refractivity contribution < 1.29 is 8.78 Å². The fourth-order valence-corrected chi connectivity index (χ4v) is 6.51. The first-order chi connectivity index (χ1) is 18.4. The molecule has 0 saturated carbocycles. The lowest BCUT2D eigenvalue weighted by Gasteiger charge is -2.30. The fraction of sp³-hybridized carbons (Fsp3) is 0.345. The number of nitrogens with zero attached hydrogens (tertiary/aromatic N) is 5. The number of hydrogen-bond donors (Lipinski definition) is 1. The third-order valence-electron chi connectivity index (χ3n) is 7.50. The highest BCUT2D eigenvalue weighted by atomic mass is 32.1. The number of thiazole rings is 1. The van der Waals surface area contributed by atoms with Crippen LogP contribution in [0.4, 0.5) is 25.3 Å². The van der Waals surface area contributed by atoms with Gasteiger partial charge in [0, 0.05) is 54.0 Å². The van der Waals surface area contributed by atoms with Gasteiger partial charge in [-0.1, -0.05) is 25.2 Å². The third-order valence-corrected chi connectivity index (χ3v) is 8.49. The van der Waals surface area contributed by atoms with Crippen molar-refractivity contribution in [3.8, 4) is 17.3 Å². The summed E-state index contributed by atoms with van der Waals surface area (Å²) in [5, 5.41) is 14.7. The lowest BCUT2D eigenvalue weighted by molar-refractivity contribution is 0.577. The van der Waals surface area contributed by atoms with Gasteiger partial charge in [-0.25, -0.2) is 18.7 Å². The molecule has 38 heavy (non-hydrogen) atoms. The molecule has 0 spiro atoms. The molecule has 2 saturated heterocycles.